The van der Waals surface area contributed by atoms with E-state index in [9.17, 15) is 4.79 Å². The van der Waals surface area contributed by atoms with Gasteiger partial charge in [-0.25, -0.2) is 0 Å². The van der Waals surface area contributed by atoms with Crippen LogP contribution < -0.4 is 5.32 Å². The molecule has 0 fully saturated rings. The van der Waals surface area contributed by atoms with Gasteiger partial charge < -0.3 is 5.32 Å². The lowest BCUT2D eigenvalue weighted by Crippen LogP contribution is -2.27. The molecular weight excluding hydrogens is 326 g/mol. The predicted octanol–water partition coefficient (Wildman–Crippen LogP) is 3.95. The van der Waals surface area contributed by atoms with Crippen molar-refractivity contribution in [2.45, 2.75) is 20.8 Å². The summed E-state index contributed by atoms with van der Waals surface area (Å²) in [5, 5.41) is 13.0. The van der Waals surface area contributed by atoms with Gasteiger partial charge in [0.05, 0.1) is 16.9 Å². The van der Waals surface area contributed by atoms with Crippen LogP contribution in [0.2, 0.25) is 0 Å². The molecule has 0 saturated carbocycles. The first-order valence-electron chi connectivity index (χ1n) is 8.45. The minimum Gasteiger partial charge on any atom is -0.324 e. The van der Waals surface area contributed by atoms with E-state index in [0.29, 0.717) is 11.2 Å². The fourth-order valence-electron chi connectivity index (χ4n) is 2.71. The summed E-state index contributed by atoms with van der Waals surface area (Å²) in [6, 6.07) is 15.3. The Bertz CT molecular complexity index is 1090. The molecule has 6 nitrogen and oxygen atoms in total. The molecule has 4 aromatic rings. The molecule has 0 spiro atoms. The highest BCUT2D eigenvalue weighted by molar-refractivity contribution is 6.04. The molecule has 6 heteroatoms. The van der Waals surface area contributed by atoms with Gasteiger partial charge in [-0.2, -0.15) is 0 Å². The van der Waals surface area contributed by atoms with Crippen LogP contribution in [0.4, 0.5) is 5.69 Å². The quantitative estimate of drug-likeness (QED) is 0.597. The summed E-state index contributed by atoms with van der Waals surface area (Å²) in [5.74, 6) is -0.0554. The molecule has 0 aliphatic heterocycles. The third kappa shape index (κ3) is 2.79. The van der Waals surface area contributed by atoms with Crippen LogP contribution in [-0.4, -0.2) is 25.9 Å². The standard InChI is InChI=1S/C20H19N5O/c1-20(2,3)19(26)22-16-10-11-17(13-7-6-12-21-18(13)16)25-23-14-8-4-5-9-15(14)24-25/h4-12H,1-3H3,(H,22,26). The molecule has 26 heavy (non-hydrogen) atoms. The van der Waals surface area contributed by atoms with Crippen molar-refractivity contribution < 1.29 is 4.79 Å². The number of carbonyl (C=O) groups is 1. The van der Waals surface area contributed by atoms with Gasteiger partial charge in [0.1, 0.15) is 11.0 Å². The molecule has 4 rings (SSSR count). The van der Waals surface area contributed by atoms with E-state index >= 15 is 0 Å². The molecule has 0 radical (unpaired) electrons. The Kier molecular flexibility index (Phi) is 3.68. The third-order valence-electron chi connectivity index (χ3n) is 4.18. The molecule has 0 bridgehead atoms. The van der Waals surface area contributed by atoms with Crippen molar-refractivity contribution in [1.29, 1.82) is 0 Å². The molecule has 0 aliphatic carbocycles. The van der Waals surface area contributed by atoms with Crippen LogP contribution in [0.15, 0.2) is 54.7 Å². The minimum atomic E-state index is -0.485. The number of rotatable bonds is 2. The SMILES string of the molecule is CC(C)(C)C(=O)Nc1ccc(-n2nc3ccccc3n2)c2cccnc12. The normalized spacial score (nSPS) is 11.8. The first-order chi connectivity index (χ1) is 12.4. The summed E-state index contributed by atoms with van der Waals surface area (Å²) in [6.07, 6.45) is 1.71. The van der Waals surface area contributed by atoms with Gasteiger partial charge in [0.25, 0.3) is 0 Å². The van der Waals surface area contributed by atoms with Crippen molar-refractivity contribution >= 4 is 33.5 Å². The fraction of sp³-hybridized carbons (Fsp3) is 0.200. The highest BCUT2D eigenvalue weighted by Gasteiger charge is 2.22. The highest BCUT2D eigenvalue weighted by atomic mass is 16.2. The lowest BCUT2D eigenvalue weighted by Gasteiger charge is -2.18. The average molecular weight is 345 g/mol. The number of hydrogen-bond acceptors (Lipinski definition) is 4. The van der Waals surface area contributed by atoms with Crippen LogP contribution >= 0.6 is 0 Å². The van der Waals surface area contributed by atoms with E-state index in [4.69, 9.17) is 0 Å². The van der Waals surface area contributed by atoms with Crippen LogP contribution in [0.25, 0.3) is 27.6 Å². The number of hydrogen-bond donors (Lipinski definition) is 1. The third-order valence-corrected chi connectivity index (χ3v) is 4.18. The van der Waals surface area contributed by atoms with Gasteiger partial charge in [0.2, 0.25) is 5.91 Å². The van der Waals surface area contributed by atoms with Crippen molar-refractivity contribution in [3.05, 3.63) is 54.7 Å². The topological polar surface area (TPSA) is 72.7 Å². The van der Waals surface area contributed by atoms with Crippen LogP contribution in [-0.2, 0) is 4.79 Å². The molecule has 130 valence electrons. The van der Waals surface area contributed by atoms with Crippen LogP contribution in [0, 0.1) is 5.41 Å². The average Bonchev–Trinajstić information content (AvgIpc) is 3.05. The summed E-state index contributed by atoms with van der Waals surface area (Å²) in [5.41, 5.74) is 3.38. The second-order valence-corrected chi connectivity index (χ2v) is 7.21. The predicted molar refractivity (Wildman–Crippen MR) is 102 cm³/mol. The van der Waals surface area contributed by atoms with Crippen LogP contribution in [0.3, 0.4) is 0 Å². The first kappa shape index (κ1) is 16.2. The van der Waals surface area contributed by atoms with E-state index in [1.54, 1.807) is 11.0 Å². The van der Waals surface area contributed by atoms with E-state index in [2.05, 4.69) is 20.5 Å². The smallest absolute Gasteiger partial charge is 0.229 e. The monoisotopic (exact) mass is 345 g/mol. The Morgan fingerprint density at radius 3 is 2.31 bits per heavy atom. The van der Waals surface area contributed by atoms with E-state index in [0.717, 1.165) is 22.1 Å². The number of amides is 1. The van der Waals surface area contributed by atoms with Gasteiger partial charge in [0, 0.05) is 17.0 Å². The zero-order valence-electron chi connectivity index (χ0n) is 14.9. The van der Waals surface area contributed by atoms with Crippen molar-refractivity contribution in [3.63, 3.8) is 0 Å². The Balaban J connectivity index is 1.85. The van der Waals surface area contributed by atoms with Gasteiger partial charge in [-0.15, -0.1) is 15.0 Å². The second-order valence-electron chi connectivity index (χ2n) is 7.21. The van der Waals surface area contributed by atoms with Crippen molar-refractivity contribution in [3.8, 4) is 5.69 Å². The lowest BCUT2D eigenvalue weighted by molar-refractivity contribution is -0.123. The molecule has 2 aromatic carbocycles. The molecular formula is C20H19N5O. The van der Waals surface area contributed by atoms with Gasteiger partial charge in [-0.3, -0.25) is 9.78 Å². The summed E-state index contributed by atoms with van der Waals surface area (Å²) in [6.45, 7) is 5.64. The maximum absolute atomic E-state index is 12.4. The number of carbonyl (C=O) groups excluding carboxylic acids is 1. The van der Waals surface area contributed by atoms with Crippen LogP contribution in [0.1, 0.15) is 20.8 Å². The van der Waals surface area contributed by atoms with Gasteiger partial charge >= 0.3 is 0 Å². The van der Waals surface area contributed by atoms with E-state index < -0.39 is 5.41 Å². The number of nitrogens with zero attached hydrogens (tertiary/aromatic N) is 4. The van der Waals surface area contributed by atoms with E-state index in [1.165, 1.54) is 0 Å². The molecule has 0 unspecified atom stereocenters. The van der Waals surface area contributed by atoms with Gasteiger partial charge in [-0.1, -0.05) is 32.9 Å². The molecule has 2 heterocycles. The van der Waals surface area contributed by atoms with Crippen molar-refractivity contribution in [2.75, 3.05) is 5.32 Å². The second kappa shape index (κ2) is 5.91. The summed E-state index contributed by atoms with van der Waals surface area (Å²) in [4.78, 5) is 18.5. The summed E-state index contributed by atoms with van der Waals surface area (Å²) >= 11 is 0. The maximum Gasteiger partial charge on any atom is 0.229 e. The lowest BCUT2D eigenvalue weighted by atomic mass is 9.95. The number of aromatic nitrogens is 4. The molecule has 0 atom stereocenters. The molecule has 1 amide bonds. The Hall–Kier alpha value is -3.28. The zero-order valence-corrected chi connectivity index (χ0v) is 14.9. The molecule has 2 aromatic heterocycles. The zero-order chi connectivity index (χ0) is 18.3. The molecule has 0 aliphatic rings. The fourth-order valence-corrected chi connectivity index (χ4v) is 2.71. The number of nitrogens with one attached hydrogen (secondary N) is 1. The number of benzene rings is 2. The minimum absolute atomic E-state index is 0.0554. The maximum atomic E-state index is 12.4. The van der Waals surface area contributed by atoms with E-state index in [-0.39, 0.29) is 5.91 Å². The van der Waals surface area contributed by atoms with E-state index in [1.807, 2.05) is 69.3 Å². The Labute approximate surface area is 150 Å². The Morgan fingerprint density at radius 1 is 0.962 bits per heavy atom. The number of pyridine rings is 1. The van der Waals surface area contributed by atoms with Crippen LogP contribution in [0.5, 0.6) is 0 Å². The number of fused-ring (bicyclic) bond motifs is 2. The largest absolute Gasteiger partial charge is 0.324 e. The summed E-state index contributed by atoms with van der Waals surface area (Å²) in [7, 11) is 0. The van der Waals surface area contributed by atoms with Gasteiger partial charge in [-0.05, 0) is 36.4 Å². The van der Waals surface area contributed by atoms with Crippen molar-refractivity contribution in [1.82, 2.24) is 20.0 Å². The highest BCUT2D eigenvalue weighted by Crippen LogP contribution is 2.28. The summed E-state index contributed by atoms with van der Waals surface area (Å²) < 4.78 is 0. The Morgan fingerprint density at radius 2 is 1.65 bits per heavy atom. The van der Waals surface area contributed by atoms with Crippen molar-refractivity contribution in [2.24, 2.45) is 5.41 Å². The molecule has 1 N–H and O–H groups in total. The number of anilines is 1. The first-order valence-corrected chi connectivity index (χ1v) is 8.45. The van der Waals surface area contributed by atoms with Gasteiger partial charge in [0.15, 0.2) is 0 Å². The molecule has 0 saturated heterocycles.